The predicted molar refractivity (Wildman–Crippen MR) is 158 cm³/mol. The van der Waals surface area contributed by atoms with E-state index in [9.17, 15) is 20.0 Å². The average Bonchev–Trinajstić information content (AvgIpc) is 2.94. The number of ether oxygens (including phenoxy) is 1. The molecule has 11 heteroatoms. The number of methoxy groups -OCH3 is 1. The van der Waals surface area contributed by atoms with Crippen molar-refractivity contribution in [1.29, 1.82) is 5.26 Å². The highest BCUT2D eigenvalue weighted by atomic mass is 35.5. The Morgan fingerprint density at radius 1 is 1.10 bits per heavy atom. The Labute approximate surface area is 245 Å². The third-order valence-corrected chi connectivity index (χ3v) is 7.87. The van der Waals surface area contributed by atoms with Crippen LogP contribution in [0.3, 0.4) is 0 Å². The number of carbonyl (C=O) groups excluding carboxylic acids is 2. The molecule has 1 heterocycles. The highest BCUT2D eigenvalue weighted by Gasteiger charge is 2.35. The first-order chi connectivity index (χ1) is 19.2. The molecule has 2 amide bonds. The molecule has 0 bridgehead atoms. The second-order valence-electron chi connectivity index (χ2n) is 8.64. The summed E-state index contributed by atoms with van der Waals surface area (Å²) < 4.78 is 5.28. The van der Waals surface area contributed by atoms with Crippen molar-refractivity contribution in [2.24, 2.45) is 0 Å². The molecule has 4 rings (SSSR count). The molecular weight excluding hydrogens is 571 g/mol. The SMILES string of the molecule is COc1cc([C@@H]2C(C#N)=C(SCC(=O)Nc3cccc(Cl)c3Cl)NC(C)=C2C(=O)Nc2ccccc2)ccc1O. The van der Waals surface area contributed by atoms with E-state index in [2.05, 4.69) is 22.0 Å². The van der Waals surface area contributed by atoms with E-state index in [1.54, 1.807) is 61.5 Å². The molecule has 8 nitrogen and oxygen atoms in total. The number of anilines is 2. The summed E-state index contributed by atoms with van der Waals surface area (Å²) in [4.78, 5) is 26.3. The van der Waals surface area contributed by atoms with E-state index in [0.717, 1.165) is 11.8 Å². The first-order valence-electron chi connectivity index (χ1n) is 12.0. The van der Waals surface area contributed by atoms with Crippen molar-refractivity contribution in [1.82, 2.24) is 5.32 Å². The van der Waals surface area contributed by atoms with Gasteiger partial charge in [-0.15, -0.1) is 0 Å². The molecular formula is C29H24Cl2N4O4S. The maximum atomic E-state index is 13.6. The van der Waals surface area contributed by atoms with E-state index in [1.807, 2.05) is 6.07 Å². The van der Waals surface area contributed by atoms with Crippen molar-refractivity contribution in [3.63, 3.8) is 0 Å². The third-order valence-electron chi connectivity index (χ3n) is 6.03. The van der Waals surface area contributed by atoms with E-state index < -0.39 is 11.8 Å². The van der Waals surface area contributed by atoms with Crippen molar-refractivity contribution in [3.05, 3.63) is 104 Å². The summed E-state index contributed by atoms with van der Waals surface area (Å²) in [6.07, 6.45) is 0. The van der Waals surface area contributed by atoms with Gasteiger partial charge in [0.15, 0.2) is 11.5 Å². The van der Waals surface area contributed by atoms with Crippen LogP contribution in [0.4, 0.5) is 11.4 Å². The molecule has 0 spiro atoms. The fourth-order valence-electron chi connectivity index (χ4n) is 4.18. The number of para-hydroxylation sites is 1. The van der Waals surface area contributed by atoms with Crippen LogP contribution < -0.4 is 20.7 Å². The quantitative estimate of drug-likeness (QED) is 0.237. The Balaban J connectivity index is 1.67. The molecule has 40 heavy (non-hydrogen) atoms. The summed E-state index contributed by atoms with van der Waals surface area (Å²) in [7, 11) is 1.42. The van der Waals surface area contributed by atoms with Gasteiger partial charge in [0.2, 0.25) is 5.91 Å². The number of nitriles is 1. The number of aromatic hydroxyl groups is 1. The lowest BCUT2D eigenvalue weighted by Gasteiger charge is -2.30. The van der Waals surface area contributed by atoms with Gasteiger partial charge in [0.1, 0.15) is 0 Å². The van der Waals surface area contributed by atoms with Gasteiger partial charge in [-0.3, -0.25) is 9.59 Å². The Kier molecular flexibility index (Phi) is 9.27. The first kappa shape index (κ1) is 28.9. The number of hydrogen-bond acceptors (Lipinski definition) is 7. The summed E-state index contributed by atoms with van der Waals surface area (Å²) in [6, 6.07) is 20.8. The van der Waals surface area contributed by atoms with E-state index in [0.29, 0.717) is 38.3 Å². The van der Waals surface area contributed by atoms with Gasteiger partial charge in [-0.25, -0.2) is 0 Å². The van der Waals surface area contributed by atoms with Crippen molar-refractivity contribution >= 4 is 58.2 Å². The lowest BCUT2D eigenvalue weighted by atomic mass is 9.82. The molecule has 0 radical (unpaired) electrons. The van der Waals surface area contributed by atoms with Gasteiger partial charge in [0.05, 0.1) is 51.2 Å². The molecule has 204 valence electrons. The molecule has 3 aromatic carbocycles. The number of halogens is 2. The number of dihydropyridines is 1. The molecule has 1 aliphatic heterocycles. The van der Waals surface area contributed by atoms with E-state index in [-0.39, 0.29) is 33.8 Å². The van der Waals surface area contributed by atoms with Crippen LogP contribution in [0.15, 0.2) is 88.6 Å². The van der Waals surface area contributed by atoms with Crippen molar-refractivity contribution < 1.29 is 19.4 Å². The molecule has 0 saturated carbocycles. The Morgan fingerprint density at radius 3 is 2.55 bits per heavy atom. The number of rotatable bonds is 8. The summed E-state index contributed by atoms with van der Waals surface area (Å²) in [5.74, 6) is -1.51. The van der Waals surface area contributed by atoms with Crippen LogP contribution in [-0.2, 0) is 9.59 Å². The van der Waals surface area contributed by atoms with Gasteiger partial charge in [-0.05, 0) is 48.9 Å². The number of amides is 2. The van der Waals surface area contributed by atoms with Crippen LogP contribution >= 0.6 is 35.0 Å². The van der Waals surface area contributed by atoms with Gasteiger partial charge < -0.3 is 25.8 Å². The van der Waals surface area contributed by atoms with Crippen LogP contribution in [0.1, 0.15) is 18.4 Å². The fraction of sp³-hybridized carbons (Fsp3) is 0.138. The predicted octanol–water partition coefficient (Wildman–Crippen LogP) is 6.41. The van der Waals surface area contributed by atoms with Crippen molar-refractivity contribution in [2.45, 2.75) is 12.8 Å². The molecule has 4 N–H and O–H groups in total. The lowest BCUT2D eigenvalue weighted by molar-refractivity contribution is -0.114. The number of hydrogen-bond donors (Lipinski definition) is 4. The van der Waals surface area contributed by atoms with Gasteiger partial charge in [-0.1, -0.05) is 65.3 Å². The minimum absolute atomic E-state index is 0.0548. The number of phenolic OH excluding ortho intramolecular Hbond substituents is 1. The topological polar surface area (TPSA) is 123 Å². The van der Waals surface area contributed by atoms with Crippen molar-refractivity contribution in [3.8, 4) is 17.6 Å². The van der Waals surface area contributed by atoms with Crippen molar-refractivity contribution in [2.75, 3.05) is 23.5 Å². The number of phenols is 1. The number of allylic oxidation sites excluding steroid dienone is 2. The number of benzene rings is 3. The smallest absolute Gasteiger partial charge is 0.254 e. The summed E-state index contributed by atoms with van der Waals surface area (Å²) in [6.45, 7) is 1.73. The zero-order valence-electron chi connectivity index (χ0n) is 21.4. The molecule has 0 aromatic heterocycles. The third kappa shape index (κ3) is 6.37. The number of nitrogens with zero attached hydrogens (tertiary/aromatic N) is 1. The average molecular weight is 596 g/mol. The normalized spacial score (nSPS) is 14.7. The van der Waals surface area contributed by atoms with Gasteiger partial charge in [-0.2, -0.15) is 5.26 Å². The second-order valence-corrected chi connectivity index (χ2v) is 10.4. The number of nitrogens with one attached hydrogen (secondary N) is 3. The minimum Gasteiger partial charge on any atom is -0.504 e. The number of carbonyl (C=O) groups is 2. The Hall–Kier alpha value is -4.10. The molecule has 1 aliphatic rings. The zero-order chi connectivity index (χ0) is 28.8. The van der Waals surface area contributed by atoms with Crippen LogP contribution in [0.25, 0.3) is 0 Å². The highest BCUT2D eigenvalue weighted by molar-refractivity contribution is 8.03. The monoisotopic (exact) mass is 594 g/mol. The maximum absolute atomic E-state index is 13.6. The molecule has 1 atom stereocenters. The lowest BCUT2D eigenvalue weighted by Crippen LogP contribution is -2.31. The van der Waals surface area contributed by atoms with Crippen LogP contribution in [0.2, 0.25) is 10.0 Å². The Morgan fingerprint density at radius 2 is 1.85 bits per heavy atom. The van der Waals surface area contributed by atoms with E-state index >= 15 is 0 Å². The molecule has 0 saturated heterocycles. The van der Waals surface area contributed by atoms with Gasteiger partial charge >= 0.3 is 0 Å². The summed E-state index contributed by atoms with van der Waals surface area (Å²) in [5.41, 5.74) is 2.57. The molecule has 0 fully saturated rings. The van der Waals surface area contributed by atoms with Gasteiger partial charge in [0.25, 0.3) is 5.91 Å². The number of thioether (sulfide) groups is 1. The van der Waals surface area contributed by atoms with E-state index in [4.69, 9.17) is 27.9 Å². The standard InChI is InChI=1S/C29H24Cl2N4O4S/c1-16-25(28(38)34-18-7-4-3-5-8-18)26(17-11-12-22(36)23(13-17)39-2)19(14-32)29(33-16)40-15-24(37)35-21-10-6-9-20(30)27(21)31/h3-13,26,33,36H,15H2,1-2H3,(H,34,38)(H,35,37)/t26-/m1/s1. The fourth-order valence-corrected chi connectivity index (χ4v) is 5.42. The highest BCUT2D eigenvalue weighted by Crippen LogP contribution is 2.43. The van der Waals surface area contributed by atoms with Crippen LogP contribution in [-0.4, -0.2) is 29.8 Å². The van der Waals surface area contributed by atoms with Crippen LogP contribution in [0, 0.1) is 11.3 Å². The molecule has 3 aromatic rings. The van der Waals surface area contributed by atoms with E-state index in [1.165, 1.54) is 13.2 Å². The Bertz CT molecular complexity index is 1570. The molecule has 0 unspecified atom stereocenters. The summed E-state index contributed by atoms with van der Waals surface area (Å²) in [5, 5.41) is 30.2. The zero-order valence-corrected chi connectivity index (χ0v) is 23.7. The first-order valence-corrected chi connectivity index (χ1v) is 13.7. The molecule has 0 aliphatic carbocycles. The maximum Gasteiger partial charge on any atom is 0.254 e. The summed E-state index contributed by atoms with van der Waals surface area (Å²) >= 11 is 13.3. The van der Waals surface area contributed by atoms with Gasteiger partial charge in [0, 0.05) is 17.0 Å². The van der Waals surface area contributed by atoms with Crippen LogP contribution in [0.5, 0.6) is 11.5 Å². The largest absolute Gasteiger partial charge is 0.504 e. The minimum atomic E-state index is -0.808. The second kappa shape index (κ2) is 12.8.